The van der Waals surface area contributed by atoms with Gasteiger partial charge >= 0.3 is 11.9 Å². The number of aryl methyl sites for hydroxylation is 1. The van der Waals surface area contributed by atoms with Crippen LogP contribution in [0, 0.1) is 0 Å². The van der Waals surface area contributed by atoms with Crippen LogP contribution in [0.3, 0.4) is 0 Å². The fourth-order valence-corrected chi connectivity index (χ4v) is 3.64. The van der Waals surface area contributed by atoms with Crippen molar-refractivity contribution < 1.29 is 22.4 Å². The molecule has 0 bridgehead atoms. The van der Waals surface area contributed by atoms with Crippen molar-refractivity contribution in [1.82, 2.24) is 9.78 Å². The van der Waals surface area contributed by atoms with Crippen LogP contribution >= 0.6 is 23.1 Å². The fourth-order valence-electron chi connectivity index (χ4n) is 2.22. The Balaban J connectivity index is 1.60. The molecule has 0 aliphatic carbocycles. The van der Waals surface area contributed by atoms with Gasteiger partial charge in [0, 0.05) is 11.3 Å². The minimum atomic E-state index is -4.31. The lowest BCUT2D eigenvalue weighted by Gasteiger charge is -2.11. The number of para-hydroxylation sites is 1. The van der Waals surface area contributed by atoms with Crippen LogP contribution in [0.4, 0.5) is 18.9 Å². The third-order valence-electron chi connectivity index (χ3n) is 3.44. The number of rotatable bonds is 7. The lowest BCUT2D eigenvalue weighted by molar-refractivity contribution is -0.116. The van der Waals surface area contributed by atoms with Gasteiger partial charge in [0.25, 0.3) is 5.89 Å². The van der Waals surface area contributed by atoms with E-state index >= 15 is 0 Å². The van der Waals surface area contributed by atoms with Gasteiger partial charge in [-0.15, -0.1) is 28.2 Å². The monoisotopic (exact) mass is 429 g/mol. The van der Waals surface area contributed by atoms with E-state index in [1.807, 2.05) is 5.38 Å². The van der Waals surface area contributed by atoms with Crippen molar-refractivity contribution >= 4 is 34.7 Å². The number of carbonyl (C=O) groups excluding carboxylic acids is 1. The first kappa shape index (κ1) is 20.2. The maximum absolute atomic E-state index is 12.4. The highest BCUT2D eigenvalue weighted by atomic mass is 32.2. The minimum absolute atomic E-state index is 0.0165. The molecule has 1 N–H and O–H groups in total. The summed E-state index contributed by atoms with van der Waals surface area (Å²) in [7, 11) is 0. The van der Waals surface area contributed by atoms with E-state index in [4.69, 9.17) is 4.42 Å². The summed E-state index contributed by atoms with van der Waals surface area (Å²) in [5.74, 6) is -2.01. The quantitative estimate of drug-likeness (QED) is 0.569. The van der Waals surface area contributed by atoms with Crippen LogP contribution in [0.1, 0.15) is 6.42 Å². The first-order valence-electron chi connectivity index (χ1n) is 8.02. The largest absolute Gasteiger partial charge is 0.437 e. The second-order valence-electron chi connectivity index (χ2n) is 5.57. The van der Waals surface area contributed by atoms with Crippen molar-refractivity contribution in [3.8, 4) is 10.8 Å². The molecule has 0 saturated heterocycles. The van der Waals surface area contributed by atoms with Crippen LogP contribution in [0.5, 0.6) is 0 Å². The number of benzene rings is 1. The first-order valence-corrected chi connectivity index (χ1v) is 9.88. The Morgan fingerprint density at radius 3 is 2.75 bits per heavy atom. The van der Waals surface area contributed by atoms with Crippen molar-refractivity contribution in [3.63, 3.8) is 0 Å². The van der Waals surface area contributed by atoms with Crippen molar-refractivity contribution in [2.75, 3.05) is 11.1 Å². The van der Waals surface area contributed by atoms with E-state index in [1.165, 1.54) is 23.5 Å². The first-order chi connectivity index (χ1) is 13.3. The summed E-state index contributed by atoms with van der Waals surface area (Å²) in [6.07, 6.45) is -4.40. The van der Waals surface area contributed by atoms with E-state index < -0.39 is 23.6 Å². The summed E-state index contributed by atoms with van der Waals surface area (Å²) in [5, 5.41) is 8.43. The smallest absolute Gasteiger partial charge is 0.387 e. The number of halogens is 3. The van der Waals surface area contributed by atoms with Gasteiger partial charge in [0.05, 0.1) is 22.9 Å². The van der Waals surface area contributed by atoms with E-state index in [0.29, 0.717) is 21.5 Å². The maximum atomic E-state index is 12.4. The number of thiophene rings is 1. The van der Waals surface area contributed by atoms with E-state index in [-0.39, 0.29) is 24.5 Å². The topological polar surface area (TPSA) is 77.1 Å². The average Bonchev–Trinajstić information content (AvgIpc) is 3.28. The number of hydrogen-bond acceptors (Lipinski definition) is 6. The maximum Gasteiger partial charge on any atom is 0.437 e. The second kappa shape index (κ2) is 8.65. The third-order valence-corrected chi connectivity index (χ3v) is 5.44. The average molecular weight is 429 g/mol. The molecule has 1 aromatic carbocycles. The molecule has 6 nitrogen and oxygen atoms in total. The zero-order valence-electron chi connectivity index (χ0n) is 14.2. The molecular formula is C17H14F3N3O3S2. The molecule has 3 aromatic rings. The van der Waals surface area contributed by atoms with Crippen molar-refractivity contribution in [2.45, 2.75) is 24.0 Å². The number of nitrogens with zero attached hydrogens (tertiary/aromatic N) is 2. The molecule has 148 valence electrons. The summed E-state index contributed by atoms with van der Waals surface area (Å²) >= 11 is 1.96. The van der Waals surface area contributed by atoms with E-state index in [2.05, 4.69) is 10.4 Å². The van der Waals surface area contributed by atoms with Gasteiger partial charge in [-0.1, -0.05) is 18.2 Å². The van der Waals surface area contributed by atoms with Gasteiger partial charge in [-0.05, 0) is 23.6 Å². The molecule has 0 spiro atoms. The van der Waals surface area contributed by atoms with E-state index in [0.717, 1.165) is 4.68 Å². The summed E-state index contributed by atoms with van der Waals surface area (Å²) in [6.45, 7) is -0.0165. The van der Waals surface area contributed by atoms with Crippen LogP contribution in [-0.4, -0.2) is 27.6 Å². The van der Waals surface area contributed by atoms with Crippen LogP contribution in [-0.2, 0) is 11.3 Å². The Morgan fingerprint density at radius 2 is 2.04 bits per heavy atom. The van der Waals surface area contributed by atoms with Gasteiger partial charge < -0.3 is 9.73 Å². The lowest BCUT2D eigenvalue weighted by atomic mass is 10.3. The number of amides is 1. The molecule has 11 heteroatoms. The predicted molar refractivity (Wildman–Crippen MR) is 101 cm³/mol. The molecule has 1 amide bonds. The van der Waals surface area contributed by atoms with Gasteiger partial charge in [-0.3, -0.25) is 4.79 Å². The molecule has 0 aliphatic heterocycles. The SMILES string of the molecule is O=C(CCn1nc(-c2cccs2)oc1=O)Nc1ccccc1SCC(F)(F)F. The van der Waals surface area contributed by atoms with Crippen molar-refractivity contribution in [1.29, 1.82) is 0 Å². The highest BCUT2D eigenvalue weighted by Crippen LogP contribution is 2.32. The van der Waals surface area contributed by atoms with E-state index in [1.54, 1.807) is 24.3 Å². The summed E-state index contributed by atoms with van der Waals surface area (Å²) in [6, 6.07) is 9.77. The lowest BCUT2D eigenvalue weighted by Crippen LogP contribution is -2.21. The molecule has 0 saturated carbocycles. The van der Waals surface area contributed by atoms with Crippen LogP contribution in [0.25, 0.3) is 10.8 Å². The minimum Gasteiger partial charge on any atom is -0.387 e. The number of carbonyl (C=O) groups is 1. The number of alkyl halides is 3. The highest BCUT2D eigenvalue weighted by Gasteiger charge is 2.27. The van der Waals surface area contributed by atoms with Crippen LogP contribution in [0.2, 0.25) is 0 Å². The van der Waals surface area contributed by atoms with Gasteiger partial charge in [0.15, 0.2) is 0 Å². The van der Waals surface area contributed by atoms with Gasteiger partial charge in [-0.25, -0.2) is 4.79 Å². The van der Waals surface area contributed by atoms with Crippen LogP contribution < -0.4 is 11.1 Å². The van der Waals surface area contributed by atoms with E-state index in [9.17, 15) is 22.8 Å². The molecule has 0 fully saturated rings. The molecular weight excluding hydrogens is 415 g/mol. The summed E-state index contributed by atoms with van der Waals surface area (Å²) < 4.78 is 43.4. The Bertz CT molecular complexity index is 997. The van der Waals surface area contributed by atoms with Crippen molar-refractivity contribution in [2.24, 2.45) is 0 Å². The zero-order valence-corrected chi connectivity index (χ0v) is 15.9. The summed E-state index contributed by atoms with van der Waals surface area (Å²) in [5.41, 5.74) is 0.286. The molecule has 0 radical (unpaired) electrons. The second-order valence-corrected chi connectivity index (χ2v) is 7.54. The van der Waals surface area contributed by atoms with Crippen molar-refractivity contribution in [3.05, 3.63) is 52.3 Å². The molecule has 0 atom stereocenters. The Labute approximate surface area is 165 Å². The Kier molecular flexibility index (Phi) is 6.25. The Morgan fingerprint density at radius 1 is 1.25 bits per heavy atom. The highest BCUT2D eigenvalue weighted by molar-refractivity contribution is 7.99. The number of anilines is 1. The predicted octanol–water partition coefficient (Wildman–Crippen LogP) is 4.25. The molecule has 0 aliphatic rings. The van der Waals surface area contributed by atoms with Gasteiger partial charge in [0.2, 0.25) is 5.91 Å². The molecule has 0 unspecified atom stereocenters. The molecule has 3 rings (SSSR count). The number of thioether (sulfide) groups is 1. The molecule has 2 heterocycles. The normalized spacial score (nSPS) is 11.5. The zero-order chi connectivity index (χ0) is 20.1. The standard InChI is InChI=1S/C17H14F3N3O3S2/c18-17(19,20)10-28-12-5-2-1-4-11(12)21-14(24)7-8-23-16(25)26-15(22-23)13-6-3-9-27-13/h1-6,9H,7-8,10H2,(H,21,24). The van der Waals surface area contributed by atoms with Gasteiger partial charge in [-0.2, -0.15) is 17.9 Å². The fraction of sp³-hybridized carbons (Fsp3) is 0.235. The van der Waals surface area contributed by atoms with Gasteiger partial charge in [0.1, 0.15) is 0 Å². The van der Waals surface area contributed by atoms with Crippen LogP contribution in [0.15, 0.2) is 55.9 Å². The molecule has 28 heavy (non-hydrogen) atoms. The number of hydrogen-bond donors (Lipinski definition) is 1. The number of aromatic nitrogens is 2. The number of nitrogens with one attached hydrogen (secondary N) is 1. The summed E-state index contributed by atoms with van der Waals surface area (Å²) in [4.78, 5) is 25.0. The Hall–Kier alpha value is -2.53. The molecule has 2 aromatic heterocycles. The third kappa shape index (κ3) is 5.49.